The number of hydrogen-bond donors (Lipinski definition) is 1. The minimum absolute atomic E-state index is 0.0168. The van der Waals surface area contributed by atoms with Crippen LogP contribution in [0.25, 0.3) is 0 Å². The van der Waals surface area contributed by atoms with Gasteiger partial charge >= 0.3 is 0 Å². The number of anilines is 1. The van der Waals surface area contributed by atoms with Gasteiger partial charge in [0.1, 0.15) is 0 Å². The zero-order valence-electron chi connectivity index (χ0n) is 14.2. The van der Waals surface area contributed by atoms with Crippen molar-refractivity contribution < 1.29 is 13.2 Å². The van der Waals surface area contributed by atoms with Gasteiger partial charge in [0.25, 0.3) is 5.91 Å². The topological polar surface area (TPSA) is 82.6 Å². The van der Waals surface area contributed by atoms with E-state index >= 15 is 0 Å². The van der Waals surface area contributed by atoms with Crippen molar-refractivity contribution in [1.29, 1.82) is 0 Å². The van der Waals surface area contributed by atoms with E-state index in [4.69, 9.17) is 11.6 Å². The molecule has 0 atom stereocenters. The Morgan fingerprint density at radius 2 is 1.77 bits per heavy atom. The third kappa shape index (κ3) is 3.82. The lowest BCUT2D eigenvalue weighted by molar-refractivity contribution is 0.0746. The molecule has 2 heterocycles. The first-order valence-corrected chi connectivity index (χ1v) is 9.96. The molecule has 1 aliphatic heterocycles. The van der Waals surface area contributed by atoms with Crippen LogP contribution in [0.3, 0.4) is 0 Å². The van der Waals surface area contributed by atoms with Crippen LogP contribution in [-0.2, 0) is 10.0 Å². The summed E-state index contributed by atoms with van der Waals surface area (Å²) in [5, 5.41) is 0.238. The number of pyridine rings is 1. The fraction of sp³-hybridized carbons (Fsp3) is 0.294. The van der Waals surface area contributed by atoms with Gasteiger partial charge in [0.15, 0.2) is 0 Å². The number of carbonyl (C=O) groups excluding carboxylic acids is 1. The smallest absolute Gasteiger partial charge is 0.255 e. The predicted molar refractivity (Wildman–Crippen MR) is 100 cm³/mol. The van der Waals surface area contributed by atoms with E-state index in [-0.39, 0.29) is 21.4 Å². The van der Waals surface area contributed by atoms with E-state index in [0.29, 0.717) is 26.2 Å². The van der Waals surface area contributed by atoms with Crippen LogP contribution in [0, 0.1) is 0 Å². The highest BCUT2D eigenvalue weighted by molar-refractivity contribution is 7.89. The van der Waals surface area contributed by atoms with Gasteiger partial charge in [-0.05, 0) is 37.4 Å². The van der Waals surface area contributed by atoms with Gasteiger partial charge in [-0.2, -0.15) is 0 Å². The van der Waals surface area contributed by atoms with E-state index < -0.39 is 10.0 Å². The number of benzene rings is 1. The SMILES string of the molecule is CNS(=O)(=O)c1ccc(Cl)c(C(=O)N2CCN(c3ccncc3)CC2)c1. The van der Waals surface area contributed by atoms with Crippen LogP contribution in [0.1, 0.15) is 10.4 Å². The summed E-state index contributed by atoms with van der Waals surface area (Å²) >= 11 is 6.15. The van der Waals surface area contributed by atoms with Crippen molar-refractivity contribution in [2.24, 2.45) is 0 Å². The van der Waals surface area contributed by atoms with Crippen LogP contribution < -0.4 is 9.62 Å². The molecule has 0 aliphatic carbocycles. The Balaban J connectivity index is 1.76. The van der Waals surface area contributed by atoms with Gasteiger partial charge in [-0.1, -0.05) is 11.6 Å². The molecule has 1 aromatic carbocycles. The van der Waals surface area contributed by atoms with Gasteiger partial charge in [-0.3, -0.25) is 9.78 Å². The van der Waals surface area contributed by atoms with Crippen LogP contribution >= 0.6 is 11.6 Å². The average molecular weight is 395 g/mol. The van der Waals surface area contributed by atoms with Crippen molar-refractivity contribution >= 4 is 33.2 Å². The lowest BCUT2D eigenvalue weighted by Crippen LogP contribution is -2.48. The maximum Gasteiger partial charge on any atom is 0.255 e. The number of amides is 1. The Kier molecular flexibility index (Phi) is 5.45. The molecule has 1 amide bonds. The number of aromatic nitrogens is 1. The number of hydrogen-bond acceptors (Lipinski definition) is 5. The first kappa shape index (κ1) is 18.6. The molecule has 1 aliphatic rings. The summed E-state index contributed by atoms with van der Waals surface area (Å²) in [6.45, 7) is 2.42. The molecule has 0 saturated carbocycles. The van der Waals surface area contributed by atoms with Gasteiger partial charge in [-0.15, -0.1) is 0 Å². The van der Waals surface area contributed by atoms with E-state index in [2.05, 4.69) is 14.6 Å². The van der Waals surface area contributed by atoms with Crippen LogP contribution in [0.2, 0.25) is 5.02 Å². The standard InChI is InChI=1S/C17H19ClN4O3S/c1-19-26(24,25)14-2-3-16(18)15(12-14)17(23)22-10-8-21(9-11-22)13-4-6-20-7-5-13/h2-7,12,19H,8-11H2,1H3. The molecule has 0 spiro atoms. The van der Waals surface area contributed by atoms with E-state index in [0.717, 1.165) is 5.69 Å². The highest BCUT2D eigenvalue weighted by Crippen LogP contribution is 2.23. The average Bonchev–Trinajstić information content (AvgIpc) is 2.68. The Hall–Kier alpha value is -2.16. The minimum Gasteiger partial charge on any atom is -0.368 e. The summed E-state index contributed by atoms with van der Waals surface area (Å²) in [5.74, 6) is -0.266. The van der Waals surface area contributed by atoms with Gasteiger partial charge in [0, 0.05) is 44.3 Å². The summed E-state index contributed by atoms with van der Waals surface area (Å²) in [7, 11) is -2.32. The molecule has 1 N–H and O–H groups in total. The molecule has 138 valence electrons. The molecule has 0 unspecified atom stereocenters. The van der Waals surface area contributed by atoms with E-state index in [1.165, 1.54) is 25.2 Å². The number of nitrogens with one attached hydrogen (secondary N) is 1. The molecule has 7 nitrogen and oxygen atoms in total. The number of carbonyl (C=O) groups is 1. The van der Waals surface area contributed by atoms with Gasteiger partial charge in [-0.25, -0.2) is 13.1 Å². The molecule has 1 fully saturated rings. The third-order valence-electron chi connectivity index (χ3n) is 4.34. The molecule has 0 radical (unpaired) electrons. The second kappa shape index (κ2) is 7.61. The molecule has 1 saturated heterocycles. The Morgan fingerprint density at radius 1 is 1.12 bits per heavy atom. The molecular weight excluding hydrogens is 376 g/mol. The van der Waals surface area contributed by atoms with Crippen LogP contribution in [-0.4, -0.2) is 57.4 Å². The maximum absolute atomic E-state index is 12.8. The van der Waals surface area contributed by atoms with Gasteiger partial charge < -0.3 is 9.80 Å². The van der Waals surface area contributed by atoms with Crippen molar-refractivity contribution in [1.82, 2.24) is 14.6 Å². The van der Waals surface area contributed by atoms with E-state index in [9.17, 15) is 13.2 Å². The van der Waals surface area contributed by atoms with Crippen LogP contribution in [0.4, 0.5) is 5.69 Å². The van der Waals surface area contributed by atoms with Crippen molar-refractivity contribution in [3.8, 4) is 0 Å². The molecule has 26 heavy (non-hydrogen) atoms. The normalized spacial score (nSPS) is 15.2. The summed E-state index contributed by atoms with van der Waals surface area (Å²) in [4.78, 5) is 20.7. The zero-order valence-corrected chi connectivity index (χ0v) is 15.8. The Bertz CT molecular complexity index is 897. The molecule has 9 heteroatoms. The summed E-state index contributed by atoms with van der Waals surface area (Å²) in [6.07, 6.45) is 3.47. The number of piperazine rings is 1. The fourth-order valence-corrected chi connectivity index (χ4v) is 3.80. The van der Waals surface area contributed by atoms with Gasteiger partial charge in [0.05, 0.1) is 15.5 Å². The van der Waals surface area contributed by atoms with Crippen LogP contribution in [0.15, 0.2) is 47.6 Å². The third-order valence-corrected chi connectivity index (χ3v) is 6.08. The van der Waals surface area contributed by atoms with Gasteiger partial charge in [0.2, 0.25) is 10.0 Å². The lowest BCUT2D eigenvalue weighted by atomic mass is 10.1. The summed E-state index contributed by atoms with van der Waals surface area (Å²) in [6, 6.07) is 8.01. The zero-order chi connectivity index (χ0) is 18.7. The second-order valence-electron chi connectivity index (χ2n) is 5.83. The van der Waals surface area contributed by atoms with Crippen LogP contribution in [0.5, 0.6) is 0 Å². The highest BCUT2D eigenvalue weighted by atomic mass is 35.5. The monoisotopic (exact) mass is 394 g/mol. The van der Waals surface area contributed by atoms with Crippen molar-refractivity contribution in [2.45, 2.75) is 4.90 Å². The summed E-state index contributed by atoms with van der Waals surface area (Å²) in [5.41, 5.74) is 1.26. The lowest BCUT2D eigenvalue weighted by Gasteiger charge is -2.36. The summed E-state index contributed by atoms with van der Waals surface area (Å²) < 4.78 is 26.2. The second-order valence-corrected chi connectivity index (χ2v) is 8.13. The van der Waals surface area contributed by atoms with E-state index in [1.807, 2.05) is 12.1 Å². The number of nitrogens with zero attached hydrogens (tertiary/aromatic N) is 3. The number of sulfonamides is 1. The first-order chi connectivity index (χ1) is 12.4. The maximum atomic E-state index is 12.8. The molecular formula is C17H19ClN4O3S. The highest BCUT2D eigenvalue weighted by Gasteiger charge is 2.25. The van der Waals surface area contributed by atoms with E-state index in [1.54, 1.807) is 17.3 Å². The molecule has 0 bridgehead atoms. The largest absolute Gasteiger partial charge is 0.368 e. The predicted octanol–water partition coefficient (Wildman–Crippen LogP) is 1.61. The number of rotatable bonds is 4. The molecule has 2 aromatic rings. The van der Waals surface area contributed by atoms with Crippen molar-refractivity contribution in [2.75, 3.05) is 38.1 Å². The van der Waals surface area contributed by atoms with Crippen molar-refractivity contribution in [3.63, 3.8) is 0 Å². The molecule has 1 aromatic heterocycles. The Morgan fingerprint density at radius 3 is 2.38 bits per heavy atom. The minimum atomic E-state index is -3.64. The Labute approximate surface area is 157 Å². The number of halogens is 1. The molecule has 3 rings (SSSR count). The fourth-order valence-electron chi connectivity index (χ4n) is 2.85. The first-order valence-electron chi connectivity index (χ1n) is 8.10. The quantitative estimate of drug-likeness (QED) is 0.851. The van der Waals surface area contributed by atoms with Crippen molar-refractivity contribution in [3.05, 3.63) is 53.3 Å².